The van der Waals surface area contributed by atoms with Gasteiger partial charge in [0.15, 0.2) is 0 Å². The van der Waals surface area contributed by atoms with E-state index in [2.05, 4.69) is 10.7 Å². The highest BCUT2D eigenvalue weighted by Crippen LogP contribution is 2.19. The zero-order chi connectivity index (χ0) is 10.6. The van der Waals surface area contributed by atoms with Crippen LogP contribution in [0.5, 0.6) is 5.75 Å². The first-order chi connectivity index (χ1) is 6.69. The number of hydrogen-bond acceptors (Lipinski definition) is 3. The van der Waals surface area contributed by atoms with Crippen molar-refractivity contribution in [2.24, 2.45) is 5.73 Å². The van der Waals surface area contributed by atoms with Crippen LogP contribution in [0.2, 0.25) is 0 Å². The largest absolute Gasteiger partial charge is 0.428 e. The highest BCUT2D eigenvalue weighted by Gasteiger charge is 2.09. The lowest BCUT2D eigenvalue weighted by atomic mass is 10.1. The maximum atomic E-state index is 10.9. The maximum absolute atomic E-state index is 10.9. The fourth-order valence-electron chi connectivity index (χ4n) is 0.965. The van der Waals surface area contributed by atoms with Crippen molar-refractivity contribution in [1.29, 1.82) is 0 Å². The summed E-state index contributed by atoms with van der Waals surface area (Å²) in [5, 5.41) is 0. The van der Waals surface area contributed by atoms with Gasteiger partial charge in [0.25, 0.3) is 12.4 Å². The van der Waals surface area contributed by atoms with Gasteiger partial charge in [-0.3, -0.25) is 9.59 Å². The fraction of sp³-hybridized carbons (Fsp3) is 0. The average molecular weight is 189 g/mol. The van der Waals surface area contributed by atoms with Crippen LogP contribution in [0, 0.1) is 12.3 Å². The number of carbonyl (C=O) groups is 2. The van der Waals surface area contributed by atoms with E-state index in [9.17, 15) is 9.59 Å². The second-order valence-corrected chi connectivity index (χ2v) is 2.43. The third-order valence-electron chi connectivity index (χ3n) is 1.59. The summed E-state index contributed by atoms with van der Waals surface area (Å²) in [5.74, 6) is 1.74. The molecule has 0 spiro atoms. The molecule has 0 aliphatic carbocycles. The number of nitrogens with two attached hydrogens (primary N) is 1. The van der Waals surface area contributed by atoms with Gasteiger partial charge in [-0.05, 0) is 18.2 Å². The van der Waals surface area contributed by atoms with Crippen LogP contribution in [0.25, 0.3) is 0 Å². The number of hydrogen-bond donors (Lipinski definition) is 1. The molecule has 4 heteroatoms. The van der Waals surface area contributed by atoms with E-state index in [1.54, 1.807) is 0 Å². The van der Waals surface area contributed by atoms with Gasteiger partial charge in [0, 0.05) is 5.56 Å². The van der Waals surface area contributed by atoms with Crippen LogP contribution in [0.1, 0.15) is 15.9 Å². The molecule has 14 heavy (non-hydrogen) atoms. The number of benzene rings is 1. The zero-order valence-corrected chi connectivity index (χ0v) is 7.19. The number of rotatable bonds is 3. The van der Waals surface area contributed by atoms with Crippen molar-refractivity contribution in [3.8, 4) is 18.1 Å². The summed E-state index contributed by atoms with van der Waals surface area (Å²) < 4.78 is 4.56. The molecular formula is C10H7NO3. The summed E-state index contributed by atoms with van der Waals surface area (Å²) in [6.45, 7) is 0.210. The molecule has 0 unspecified atom stereocenters. The number of carbonyl (C=O) groups excluding carboxylic acids is 2. The first kappa shape index (κ1) is 9.81. The van der Waals surface area contributed by atoms with Gasteiger partial charge >= 0.3 is 0 Å². The Morgan fingerprint density at radius 2 is 2.29 bits per heavy atom. The van der Waals surface area contributed by atoms with Gasteiger partial charge in [-0.15, -0.1) is 6.42 Å². The Hall–Kier alpha value is -2.28. The van der Waals surface area contributed by atoms with Gasteiger partial charge in [0.1, 0.15) is 5.75 Å². The minimum Gasteiger partial charge on any atom is -0.428 e. The molecule has 2 N–H and O–H groups in total. The smallest absolute Gasteiger partial charge is 0.298 e. The van der Waals surface area contributed by atoms with Crippen molar-refractivity contribution in [1.82, 2.24) is 0 Å². The molecule has 0 bridgehead atoms. The van der Waals surface area contributed by atoms with Crippen molar-refractivity contribution < 1.29 is 14.3 Å². The molecule has 0 aliphatic heterocycles. The molecule has 0 saturated carbocycles. The Bertz CT molecular complexity index is 418. The van der Waals surface area contributed by atoms with Crippen LogP contribution in [0.3, 0.4) is 0 Å². The van der Waals surface area contributed by atoms with Crippen molar-refractivity contribution >= 4 is 12.4 Å². The van der Waals surface area contributed by atoms with E-state index in [0.717, 1.165) is 0 Å². The standard InChI is InChI=1S/C10H7NO3/c1-2-7-3-4-8(10(11)13)9(5-7)14-6-12/h1,3-6H,(H2,11,13). The van der Waals surface area contributed by atoms with Crippen molar-refractivity contribution in [3.05, 3.63) is 29.3 Å². The first-order valence-electron chi connectivity index (χ1n) is 3.70. The van der Waals surface area contributed by atoms with Gasteiger partial charge in [0.05, 0.1) is 5.56 Å². The van der Waals surface area contributed by atoms with Crippen molar-refractivity contribution in [2.75, 3.05) is 0 Å². The molecule has 0 fully saturated rings. The molecule has 0 radical (unpaired) electrons. The van der Waals surface area contributed by atoms with Crippen molar-refractivity contribution in [2.45, 2.75) is 0 Å². The minimum absolute atomic E-state index is 0.0722. The van der Waals surface area contributed by atoms with E-state index < -0.39 is 5.91 Å². The predicted octanol–water partition coefficient (Wildman–Crippen LogP) is 0.302. The summed E-state index contributed by atoms with van der Waals surface area (Å²) in [6.07, 6.45) is 5.13. The highest BCUT2D eigenvalue weighted by molar-refractivity contribution is 5.96. The van der Waals surface area contributed by atoms with Crippen LogP contribution >= 0.6 is 0 Å². The molecule has 0 atom stereocenters. The van der Waals surface area contributed by atoms with Gasteiger partial charge < -0.3 is 10.5 Å². The number of amides is 1. The Morgan fingerprint density at radius 3 is 2.79 bits per heavy atom. The number of terminal acetylenes is 1. The van der Waals surface area contributed by atoms with E-state index in [0.29, 0.717) is 5.56 Å². The van der Waals surface area contributed by atoms with Crippen LogP contribution < -0.4 is 10.5 Å². The quantitative estimate of drug-likeness (QED) is 0.549. The maximum Gasteiger partial charge on any atom is 0.298 e. The Balaban J connectivity index is 3.24. The molecule has 4 nitrogen and oxygen atoms in total. The van der Waals surface area contributed by atoms with Crippen LogP contribution in [-0.4, -0.2) is 12.4 Å². The molecule has 0 aliphatic rings. The van der Waals surface area contributed by atoms with E-state index in [4.69, 9.17) is 12.2 Å². The van der Waals surface area contributed by atoms with E-state index in [-0.39, 0.29) is 17.8 Å². The molecule has 0 heterocycles. The molecule has 1 aromatic rings. The van der Waals surface area contributed by atoms with Gasteiger partial charge in [0.2, 0.25) is 0 Å². The van der Waals surface area contributed by atoms with Crippen LogP contribution in [0.15, 0.2) is 18.2 Å². The summed E-state index contributed by atoms with van der Waals surface area (Å²) in [7, 11) is 0. The Labute approximate surface area is 80.7 Å². The van der Waals surface area contributed by atoms with Gasteiger partial charge in [-0.1, -0.05) is 5.92 Å². The summed E-state index contributed by atoms with van der Waals surface area (Å²) >= 11 is 0. The molecule has 1 aromatic carbocycles. The number of ether oxygens (including phenoxy) is 1. The second kappa shape index (κ2) is 4.10. The van der Waals surface area contributed by atoms with Gasteiger partial charge in [-0.2, -0.15) is 0 Å². The van der Waals surface area contributed by atoms with Crippen LogP contribution in [0.4, 0.5) is 0 Å². The SMILES string of the molecule is C#Cc1ccc(C(N)=O)c(OC=O)c1. The summed E-state index contributed by atoms with van der Waals surface area (Å²) in [5.41, 5.74) is 5.68. The topological polar surface area (TPSA) is 69.4 Å². The normalized spacial score (nSPS) is 8.79. The predicted molar refractivity (Wildman–Crippen MR) is 49.6 cm³/mol. The number of primary amides is 1. The van der Waals surface area contributed by atoms with Crippen molar-refractivity contribution in [3.63, 3.8) is 0 Å². The lowest BCUT2D eigenvalue weighted by Gasteiger charge is -2.03. The average Bonchev–Trinajstić information content (AvgIpc) is 2.17. The first-order valence-corrected chi connectivity index (χ1v) is 3.70. The lowest BCUT2D eigenvalue weighted by molar-refractivity contribution is -0.120. The Kier molecular flexibility index (Phi) is 2.87. The molecule has 0 saturated heterocycles. The highest BCUT2D eigenvalue weighted by atomic mass is 16.5. The fourth-order valence-corrected chi connectivity index (χ4v) is 0.965. The third-order valence-corrected chi connectivity index (χ3v) is 1.59. The Morgan fingerprint density at radius 1 is 1.57 bits per heavy atom. The lowest BCUT2D eigenvalue weighted by Crippen LogP contribution is -2.12. The molecule has 1 rings (SSSR count). The van der Waals surface area contributed by atoms with E-state index >= 15 is 0 Å². The zero-order valence-electron chi connectivity index (χ0n) is 7.19. The molecular weight excluding hydrogens is 182 g/mol. The summed E-state index contributed by atoms with van der Waals surface area (Å²) in [6, 6.07) is 4.35. The second-order valence-electron chi connectivity index (χ2n) is 2.43. The summed E-state index contributed by atoms with van der Waals surface area (Å²) in [4.78, 5) is 21.0. The minimum atomic E-state index is -0.676. The van der Waals surface area contributed by atoms with Gasteiger partial charge in [-0.25, -0.2) is 0 Å². The molecule has 0 aromatic heterocycles. The molecule has 1 amide bonds. The molecule has 70 valence electrons. The van der Waals surface area contributed by atoms with E-state index in [1.165, 1.54) is 18.2 Å². The third kappa shape index (κ3) is 1.90. The monoisotopic (exact) mass is 189 g/mol. The van der Waals surface area contributed by atoms with Crippen LogP contribution in [-0.2, 0) is 4.79 Å². The van der Waals surface area contributed by atoms with E-state index in [1.807, 2.05) is 0 Å².